The molecule has 0 saturated heterocycles. The number of esters is 1. The lowest BCUT2D eigenvalue weighted by Crippen LogP contribution is -2.11. The minimum absolute atomic E-state index is 0.0512. The predicted octanol–water partition coefficient (Wildman–Crippen LogP) is 7.19. The lowest BCUT2D eigenvalue weighted by Gasteiger charge is -2.15. The second-order valence-electron chi connectivity index (χ2n) is 7.05. The first-order chi connectivity index (χ1) is 17.5. The summed E-state index contributed by atoms with van der Waals surface area (Å²) in [7, 11) is 0. The van der Waals surface area contributed by atoms with Crippen LogP contribution in [0.2, 0.25) is 10.0 Å². The molecule has 3 aromatic rings. The van der Waals surface area contributed by atoms with Gasteiger partial charge in [-0.3, -0.25) is 10.1 Å². The van der Waals surface area contributed by atoms with Crippen LogP contribution in [-0.2, 0) is 9.47 Å². The van der Waals surface area contributed by atoms with E-state index in [9.17, 15) is 20.0 Å². The van der Waals surface area contributed by atoms with Crippen LogP contribution in [0.25, 0.3) is 0 Å². The maximum absolute atomic E-state index is 12.2. The SMILES string of the molecule is C=CC(O)n1nc(Br)c([N+](=O)[O-])c1Br.CCOCOC(=O)c1ccccc1Nc1c(Cl)ccc(C)c1Cl. The molecule has 10 nitrogen and oxygen atoms in total. The minimum Gasteiger partial charge on any atom is -0.435 e. The van der Waals surface area contributed by atoms with Crippen LogP contribution in [-0.4, -0.2) is 39.2 Å². The van der Waals surface area contributed by atoms with E-state index < -0.39 is 17.1 Å². The molecule has 0 aliphatic carbocycles. The number of ether oxygens (including phenoxy) is 2. The first-order valence-electron chi connectivity index (χ1n) is 10.5. The van der Waals surface area contributed by atoms with Crippen molar-refractivity contribution in [3.63, 3.8) is 0 Å². The van der Waals surface area contributed by atoms with Crippen LogP contribution in [0.4, 0.5) is 17.1 Å². The number of aliphatic hydroxyl groups is 1. The fourth-order valence-electron chi connectivity index (χ4n) is 2.74. The Morgan fingerprint density at radius 3 is 2.59 bits per heavy atom. The molecule has 0 spiro atoms. The molecule has 1 atom stereocenters. The Bertz CT molecular complexity index is 1290. The van der Waals surface area contributed by atoms with E-state index in [1.54, 1.807) is 30.3 Å². The van der Waals surface area contributed by atoms with Gasteiger partial charge in [-0.25, -0.2) is 9.48 Å². The van der Waals surface area contributed by atoms with Crippen molar-refractivity contribution in [1.82, 2.24) is 9.78 Å². The van der Waals surface area contributed by atoms with Gasteiger partial charge in [0.15, 0.2) is 17.6 Å². The maximum Gasteiger partial charge on any atom is 0.342 e. The fourth-order valence-corrected chi connectivity index (χ4v) is 4.59. The Kier molecular flexibility index (Phi) is 12.0. The Hall–Kier alpha value is -2.48. The highest BCUT2D eigenvalue weighted by molar-refractivity contribution is 9.11. The number of aliphatic hydroxyl groups excluding tert-OH is 1. The number of carbonyl (C=O) groups is 1. The Labute approximate surface area is 239 Å². The number of aromatic nitrogens is 2. The Morgan fingerprint density at radius 1 is 1.32 bits per heavy atom. The van der Waals surface area contributed by atoms with E-state index in [1.807, 2.05) is 19.9 Å². The molecule has 3 rings (SSSR count). The van der Waals surface area contributed by atoms with E-state index in [0.717, 1.165) is 10.2 Å². The number of anilines is 2. The lowest BCUT2D eigenvalue weighted by molar-refractivity contribution is -0.386. The van der Waals surface area contributed by atoms with Crippen molar-refractivity contribution in [3.05, 3.63) is 89.5 Å². The van der Waals surface area contributed by atoms with Crippen molar-refractivity contribution in [3.8, 4) is 0 Å². The van der Waals surface area contributed by atoms with Crippen molar-refractivity contribution in [1.29, 1.82) is 0 Å². The Balaban J connectivity index is 0.000000294. The van der Waals surface area contributed by atoms with E-state index in [0.29, 0.717) is 33.6 Å². The van der Waals surface area contributed by atoms with Gasteiger partial charge in [-0.05, 0) is 75.5 Å². The number of benzene rings is 2. The zero-order valence-electron chi connectivity index (χ0n) is 19.6. The monoisotopic (exact) mass is 678 g/mol. The standard InChI is InChI=1S/C17H17Cl2NO3.C6H5Br2N3O3/c1-3-22-10-23-17(21)12-6-4-5-7-14(12)20-16-13(18)9-8-11(2)15(16)19;1-2-3(12)10-6(8)4(11(13)14)5(7)9-10/h4-9,20H,3,10H2,1-2H3;2-3,12H,1H2. The number of rotatable bonds is 9. The second-order valence-corrected chi connectivity index (χ2v) is 9.33. The van der Waals surface area contributed by atoms with Gasteiger partial charge < -0.3 is 19.9 Å². The van der Waals surface area contributed by atoms with Gasteiger partial charge in [-0.1, -0.05) is 48.0 Å². The van der Waals surface area contributed by atoms with Crippen LogP contribution in [0.5, 0.6) is 0 Å². The van der Waals surface area contributed by atoms with Crippen molar-refractivity contribution < 1.29 is 24.3 Å². The summed E-state index contributed by atoms with van der Waals surface area (Å²) in [6.45, 7) is 7.44. The normalized spacial score (nSPS) is 11.2. The number of aryl methyl sites for hydroxylation is 1. The number of carbonyl (C=O) groups excluding carboxylic acids is 1. The zero-order chi connectivity index (χ0) is 27.7. The highest BCUT2D eigenvalue weighted by Crippen LogP contribution is 2.36. The highest BCUT2D eigenvalue weighted by Gasteiger charge is 2.26. The number of hydrogen-bond donors (Lipinski definition) is 2. The molecule has 0 saturated carbocycles. The van der Waals surface area contributed by atoms with E-state index in [4.69, 9.17) is 32.7 Å². The van der Waals surface area contributed by atoms with Crippen LogP contribution in [0.1, 0.15) is 29.1 Å². The van der Waals surface area contributed by atoms with Crippen molar-refractivity contribution in [2.24, 2.45) is 0 Å². The fraction of sp³-hybridized carbons (Fsp3) is 0.217. The molecule has 2 N–H and O–H groups in total. The van der Waals surface area contributed by atoms with Gasteiger partial charge in [-0.2, -0.15) is 5.10 Å². The molecule has 1 unspecified atom stereocenters. The van der Waals surface area contributed by atoms with E-state index in [1.165, 1.54) is 6.08 Å². The molecule has 0 amide bonds. The van der Waals surface area contributed by atoms with Gasteiger partial charge in [0, 0.05) is 6.61 Å². The molecule has 198 valence electrons. The summed E-state index contributed by atoms with van der Waals surface area (Å²) in [6.07, 6.45) is 0.0999. The lowest BCUT2D eigenvalue weighted by atomic mass is 10.1. The topological polar surface area (TPSA) is 129 Å². The van der Waals surface area contributed by atoms with Crippen molar-refractivity contribution >= 4 is 78.1 Å². The van der Waals surface area contributed by atoms with Gasteiger partial charge in [0.25, 0.3) is 0 Å². The van der Waals surface area contributed by atoms with Gasteiger partial charge in [-0.15, -0.1) is 0 Å². The van der Waals surface area contributed by atoms with Crippen molar-refractivity contribution in [2.75, 3.05) is 18.7 Å². The quantitative estimate of drug-likeness (QED) is 0.0607. The third-order valence-corrected chi connectivity index (χ3v) is 6.67. The van der Waals surface area contributed by atoms with Crippen LogP contribution in [0.15, 0.2) is 58.3 Å². The average molecular weight is 681 g/mol. The summed E-state index contributed by atoms with van der Waals surface area (Å²) in [5.41, 5.74) is 2.14. The number of hydrogen-bond acceptors (Lipinski definition) is 8. The number of nitro groups is 1. The summed E-state index contributed by atoms with van der Waals surface area (Å²) in [4.78, 5) is 22.1. The van der Waals surface area contributed by atoms with Crippen LogP contribution >= 0.6 is 55.1 Å². The predicted molar refractivity (Wildman–Crippen MR) is 149 cm³/mol. The minimum atomic E-state index is -1.10. The largest absolute Gasteiger partial charge is 0.435 e. The second kappa shape index (κ2) is 14.5. The molecule has 0 fully saturated rings. The van der Waals surface area contributed by atoms with Crippen molar-refractivity contribution in [2.45, 2.75) is 20.1 Å². The van der Waals surface area contributed by atoms with Crippen LogP contribution < -0.4 is 5.32 Å². The summed E-state index contributed by atoms with van der Waals surface area (Å²) < 4.78 is 11.3. The van der Waals surface area contributed by atoms with E-state index in [2.05, 4.69) is 48.9 Å². The zero-order valence-corrected chi connectivity index (χ0v) is 24.3. The smallest absolute Gasteiger partial charge is 0.342 e. The number of nitrogens with zero attached hydrogens (tertiary/aromatic N) is 3. The molecular weight excluding hydrogens is 659 g/mol. The Morgan fingerprint density at radius 2 is 2.00 bits per heavy atom. The summed E-state index contributed by atoms with van der Waals surface area (Å²) in [5.74, 6) is -0.485. The van der Waals surface area contributed by atoms with Gasteiger partial charge in [0.1, 0.15) is 0 Å². The third kappa shape index (κ3) is 8.00. The molecule has 14 heteroatoms. The molecular formula is C23H22Br2Cl2N4O6. The summed E-state index contributed by atoms with van der Waals surface area (Å²) in [6, 6.07) is 10.6. The van der Waals surface area contributed by atoms with Crippen LogP contribution in [0, 0.1) is 17.0 Å². The van der Waals surface area contributed by atoms with E-state index >= 15 is 0 Å². The molecule has 0 bridgehead atoms. The molecule has 1 aromatic heterocycles. The molecule has 0 aliphatic heterocycles. The molecule has 0 radical (unpaired) electrons. The number of para-hydroxylation sites is 1. The summed E-state index contributed by atoms with van der Waals surface area (Å²) in [5, 5.41) is 27.7. The first kappa shape index (κ1) is 30.7. The molecule has 37 heavy (non-hydrogen) atoms. The van der Waals surface area contributed by atoms with Gasteiger partial charge in [0.05, 0.1) is 31.9 Å². The number of halogens is 4. The third-order valence-electron chi connectivity index (χ3n) is 4.60. The maximum atomic E-state index is 12.2. The summed E-state index contributed by atoms with van der Waals surface area (Å²) >= 11 is 18.4. The van der Waals surface area contributed by atoms with Gasteiger partial charge >= 0.3 is 11.7 Å². The first-order valence-corrected chi connectivity index (χ1v) is 12.8. The van der Waals surface area contributed by atoms with E-state index in [-0.39, 0.29) is 21.7 Å². The molecule has 2 aromatic carbocycles. The number of nitrogens with one attached hydrogen (secondary N) is 1. The highest BCUT2D eigenvalue weighted by atomic mass is 79.9. The van der Waals surface area contributed by atoms with Crippen LogP contribution in [0.3, 0.4) is 0 Å². The average Bonchev–Trinajstić information content (AvgIpc) is 3.18. The molecule has 0 aliphatic rings. The molecule has 1 heterocycles. The van der Waals surface area contributed by atoms with Gasteiger partial charge in [0.2, 0.25) is 4.60 Å².